The van der Waals surface area contributed by atoms with Crippen molar-refractivity contribution in [3.05, 3.63) is 69.8 Å². The molecule has 2 aromatic carbocycles. The van der Waals surface area contributed by atoms with Crippen molar-refractivity contribution in [2.45, 2.75) is 45.6 Å². The van der Waals surface area contributed by atoms with Gasteiger partial charge in [0.1, 0.15) is 0 Å². The summed E-state index contributed by atoms with van der Waals surface area (Å²) in [4.78, 5) is 0. The van der Waals surface area contributed by atoms with Crippen LogP contribution in [0.5, 0.6) is 0 Å². The van der Waals surface area contributed by atoms with Crippen LogP contribution in [0.2, 0.25) is 0 Å². The SMILES string of the molecule is Cc1ccc(C(O)Cc2ccc3c(c2)CCC3)cc1C. The van der Waals surface area contributed by atoms with Crippen LogP contribution in [-0.4, -0.2) is 5.11 Å². The molecule has 1 heteroatoms. The van der Waals surface area contributed by atoms with E-state index in [9.17, 15) is 5.11 Å². The largest absolute Gasteiger partial charge is 0.388 e. The van der Waals surface area contributed by atoms with Gasteiger partial charge in [0.25, 0.3) is 0 Å². The van der Waals surface area contributed by atoms with Gasteiger partial charge in [0.15, 0.2) is 0 Å². The van der Waals surface area contributed by atoms with Gasteiger partial charge in [-0.3, -0.25) is 0 Å². The molecule has 20 heavy (non-hydrogen) atoms. The summed E-state index contributed by atoms with van der Waals surface area (Å²) in [5.74, 6) is 0. The second-order valence-corrected chi connectivity index (χ2v) is 6.02. The smallest absolute Gasteiger partial charge is 0.0830 e. The molecular weight excluding hydrogens is 244 g/mol. The van der Waals surface area contributed by atoms with E-state index in [4.69, 9.17) is 0 Å². The molecule has 1 unspecified atom stereocenters. The maximum absolute atomic E-state index is 10.4. The lowest BCUT2D eigenvalue weighted by Crippen LogP contribution is -2.03. The van der Waals surface area contributed by atoms with Crippen molar-refractivity contribution in [1.29, 1.82) is 0 Å². The minimum Gasteiger partial charge on any atom is -0.388 e. The van der Waals surface area contributed by atoms with E-state index in [0.29, 0.717) is 6.42 Å². The summed E-state index contributed by atoms with van der Waals surface area (Å²) in [7, 11) is 0. The fourth-order valence-corrected chi connectivity index (χ4v) is 3.07. The number of aliphatic hydroxyl groups excluding tert-OH is 1. The van der Waals surface area contributed by atoms with E-state index in [2.05, 4.69) is 44.2 Å². The molecule has 3 rings (SSSR count). The van der Waals surface area contributed by atoms with Gasteiger partial charge in [-0.1, -0.05) is 36.4 Å². The third kappa shape index (κ3) is 2.64. The zero-order valence-electron chi connectivity index (χ0n) is 12.3. The maximum Gasteiger partial charge on any atom is 0.0830 e. The molecule has 0 saturated carbocycles. The molecule has 0 fully saturated rings. The van der Waals surface area contributed by atoms with Crippen LogP contribution in [-0.2, 0) is 19.3 Å². The molecule has 1 nitrogen and oxygen atoms in total. The molecule has 0 radical (unpaired) electrons. The van der Waals surface area contributed by atoms with Crippen LogP contribution in [0.4, 0.5) is 0 Å². The third-order valence-corrected chi connectivity index (χ3v) is 4.51. The van der Waals surface area contributed by atoms with Crippen LogP contribution in [0.25, 0.3) is 0 Å². The monoisotopic (exact) mass is 266 g/mol. The van der Waals surface area contributed by atoms with E-state index in [-0.39, 0.29) is 0 Å². The van der Waals surface area contributed by atoms with Crippen molar-refractivity contribution in [2.24, 2.45) is 0 Å². The highest BCUT2D eigenvalue weighted by molar-refractivity contribution is 5.37. The highest BCUT2D eigenvalue weighted by Crippen LogP contribution is 2.26. The Labute approximate surface area is 121 Å². The second-order valence-electron chi connectivity index (χ2n) is 6.02. The summed E-state index contributed by atoms with van der Waals surface area (Å²) in [6.45, 7) is 4.20. The van der Waals surface area contributed by atoms with Crippen LogP contribution >= 0.6 is 0 Å². The van der Waals surface area contributed by atoms with Crippen molar-refractivity contribution in [1.82, 2.24) is 0 Å². The van der Waals surface area contributed by atoms with Crippen molar-refractivity contribution in [3.8, 4) is 0 Å². The Balaban J connectivity index is 1.78. The van der Waals surface area contributed by atoms with E-state index in [1.54, 1.807) is 0 Å². The Morgan fingerprint density at radius 1 is 0.950 bits per heavy atom. The molecule has 0 heterocycles. The van der Waals surface area contributed by atoms with Gasteiger partial charge >= 0.3 is 0 Å². The van der Waals surface area contributed by atoms with E-state index in [0.717, 1.165) is 5.56 Å². The molecule has 0 bridgehead atoms. The number of aliphatic hydroxyl groups is 1. The Hall–Kier alpha value is -1.60. The number of aryl methyl sites for hydroxylation is 4. The molecule has 0 saturated heterocycles. The molecule has 0 aliphatic heterocycles. The Bertz CT molecular complexity index is 628. The van der Waals surface area contributed by atoms with Crippen LogP contribution < -0.4 is 0 Å². The topological polar surface area (TPSA) is 20.2 Å². The zero-order valence-corrected chi connectivity index (χ0v) is 12.3. The molecule has 2 aromatic rings. The first-order valence-corrected chi connectivity index (χ1v) is 7.49. The Kier molecular flexibility index (Phi) is 3.62. The standard InChI is InChI=1S/C19H22O/c1-13-6-8-18(10-14(13)2)19(20)12-15-7-9-16-4-3-5-17(16)11-15/h6-11,19-20H,3-5,12H2,1-2H3. The number of benzene rings is 2. The summed E-state index contributed by atoms with van der Waals surface area (Å²) in [6.07, 6.45) is 3.99. The Morgan fingerprint density at radius 2 is 1.75 bits per heavy atom. The van der Waals surface area contributed by atoms with Gasteiger partial charge in [0, 0.05) is 6.42 Å². The van der Waals surface area contributed by atoms with Crippen LogP contribution in [0.15, 0.2) is 36.4 Å². The van der Waals surface area contributed by atoms with Gasteiger partial charge < -0.3 is 5.11 Å². The average Bonchev–Trinajstić information content (AvgIpc) is 2.89. The summed E-state index contributed by atoms with van der Waals surface area (Å²) in [5, 5.41) is 10.4. The van der Waals surface area contributed by atoms with E-state index in [1.165, 1.54) is 47.1 Å². The fraction of sp³-hybridized carbons (Fsp3) is 0.368. The lowest BCUT2D eigenvalue weighted by atomic mass is 9.96. The molecule has 104 valence electrons. The summed E-state index contributed by atoms with van der Waals surface area (Å²) < 4.78 is 0. The van der Waals surface area contributed by atoms with Crippen LogP contribution in [0.3, 0.4) is 0 Å². The molecular formula is C19H22O. The van der Waals surface area contributed by atoms with Gasteiger partial charge in [-0.05, 0) is 66.5 Å². The zero-order chi connectivity index (χ0) is 14.1. The summed E-state index contributed by atoms with van der Waals surface area (Å²) in [6, 6.07) is 12.9. The molecule has 0 amide bonds. The van der Waals surface area contributed by atoms with Crippen LogP contribution in [0, 0.1) is 13.8 Å². The van der Waals surface area contributed by atoms with Crippen molar-refractivity contribution in [2.75, 3.05) is 0 Å². The summed E-state index contributed by atoms with van der Waals surface area (Å²) >= 11 is 0. The molecule has 1 atom stereocenters. The van der Waals surface area contributed by atoms with Gasteiger partial charge in [-0.2, -0.15) is 0 Å². The third-order valence-electron chi connectivity index (χ3n) is 4.51. The highest BCUT2D eigenvalue weighted by Gasteiger charge is 2.14. The number of fused-ring (bicyclic) bond motifs is 1. The quantitative estimate of drug-likeness (QED) is 0.888. The first-order valence-electron chi connectivity index (χ1n) is 7.49. The number of hydrogen-bond acceptors (Lipinski definition) is 1. The van der Waals surface area contributed by atoms with E-state index >= 15 is 0 Å². The predicted molar refractivity (Wildman–Crippen MR) is 83.0 cm³/mol. The molecule has 1 aliphatic carbocycles. The molecule has 1 aliphatic rings. The first kappa shape index (κ1) is 13.4. The second kappa shape index (κ2) is 5.41. The fourth-order valence-electron chi connectivity index (χ4n) is 3.07. The Morgan fingerprint density at radius 3 is 2.55 bits per heavy atom. The normalized spacial score (nSPS) is 15.2. The molecule has 0 aromatic heterocycles. The van der Waals surface area contributed by atoms with Gasteiger partial charge in [-0.15, -0.1) is 0 Å². The predicted octanol–water partition coefficient (Wildman–Crippen LogP) is 4.07. The maximum atomic E-state index is 10.4. The lowest BCUT2D eigenvalue weighted by Gasteiger charge is -2.14. The first-order chi connectivity index (χ1) is 9.63. The van der Waals surface area contributed by atoms with Gasteiger partial charge in [0.05, 0.1) is 6.10 Å². The lowest BCUT2D eigenvalue weighted by molar-refractivity contribution is 0.178. The minimum absolute atomic E-state index is 0.409. The molecule has 0 spiro atoms. The van der Waals surface area contributed by atoms with Gasteiger partial charge in [0.2, 0.25) is 0 Å². The van der Waals surface area contributed by atoms with Crippen molar-refractivity contribution >= 4 is 0 Å². The van der Waals surface area contributed by atoms with Gasteiger partial charge in [-0.25, -0.2) is 0 Å². The number of rotatable bonds is 3. The van der Waals surface area contributed by atoms with E-state index in [1.807, 2.05) is 6.07 Å². The molecule has 1 N–H and O–H groups in total. The summed E-state index contributed by atoms with van der Waals surface area (Å²) in [5.41, 5.74) is 7.77. The van der Waals surface area contributed by atoms with Crippen molar-refractivity contribution < 1.29 is 5.11 Å². The average molecular weight is 266 g/mol. The van der Waals surface area contributed by atoms with E-state index < -0.39 is 6.10 Å². The highest BCUT2D eigenvalue weighted by atomic mass is 16.3. The minimum atomic E-state index is -0.409. The van der Waals surface area contributed by atoms with Crippen molar-refractivity contribution in [3.63, 3.8) is 0 Å². The van der Waals surface area contributed by atoms with Crippen LogP contribution in [0.1, 0.15) is 45.9 Å². The number of hydrogen-bond donors (Lipinski definition) is 1.